The van der Waals surface area contributed by atoms with E-state index < -0.39 is 5.97 Å². The quantitative estimate of drug-likeness (QED) is 0.156. The fraction of sp³-hybridized carbons (Fsp3) is 0.345. The summed E-state index contributed by atoms with van der Waals surface area (Å²) >= 11 is 0. The third-order valence-corrected chi connectivity index (χ3v) is 5.77. The molecular weight excluding hydrogens is 424 g/mol. The highest BCUT2D eigenvalue weighted by Crippen LogP contribution is 2.22. The number of aryl methyl sites for hydroxylation is 1. The van der Waals surface area contributed by atoms with Gasteiger partial charge in [0.2, 0.25) is 5.88 Å². The lowest BCUT2D eigenvalue weighted by atomic mass is 10.0. The van der Waals surface area contributed by atoms with Gasteiger partial charge in [-0.05, 0) is 73.6 Å². The van der Waals surface area contributed by atoms with Crippen LogP contribution in [0.25, 0.3) is 11.3 Å². The number of rotatable bonds is 13. The van der Waals surface area contributed by atoms with Crippen molar-refractivity contribution in [2.24, 2.45) is 5.92 Å². The zero-order valence-corrected chi connectivity index (χ0v) is 20.2. The number of nitrogens with zero attached hydrogens (tertiary/aromatic N) is 2. The number of hydrogen-bond donors (Lipinski definition) is 0. The number of esters is 1. The van der Waals surface area contributed by atoms with Gasteiger partial charge in [0.15, 0.2) is 0 Å². The third kappa shape index (κ3) is 7.84. The summed E-state index contributed by atoms with van der Waals surface area (Å²) in [7, 11) is 0. The molecule has 5 heteroatoms. The van der Waals surface area contributed by atoms with Crippen molar-refractivity contribution in [3.05, 3.63) is 84.7 Å². The molecule has 0 saturated carbocycles. The van der Waals surface area contributed by atoms with Gasteiger partial charge in [-0.2, -0.15) is 0 Å². The Labute approximate surface area is 202 Å². The van der Waals surface area contributed by atoms with Crippen molar-refractivity contribution in [3.63, 3.8) is 0 Å². The number of aromatic nitrogens is 2. The Morgan fingerprint density at radius 2 is 1.76 bits per heavy atom. The van der Waals surface area contributed by atoms with E-state index in [4.69, 9.17) is 9.47 Å². The van der Waals surface area contributed by atoms with Gasteiger partial charge >= 0.3 is 5.97 Å². The first-order valence-corrected chi connectivity index (χ1v) is 12.1. The molecule has 3 rings (SSSR count). The zero-order chi connectivity index (χ0) is 24.2. The molecule has 1 unspecified atom stereocenters. The summed E-state index contributed by atoms with van der Waals surface area (Å²) in [5.41, 5.74) is 3.33. The minimum Gasteiger partial charge on any atom is -0.493 e. The van der Waals surface area contributed by atoms with Crippen LogP contribution in [0.2, 0.25) is 0 Å². The van der Waals surface area contributed by atoms with Crippen LogP contribution in [0.1, 0.15) is 61.9 Å². The molecule has 0 radical (unpaired) electrons. The van der Waals surface area contributed by atoms with Crippen molar-refractivity contribution in [3.8, 4) is 22.9 Å². The van der Waals surface area contributed by atoms with Crippen LogP contribution >= 0.6 is 0 Å². The van der Waals surface area contributed by atoms with Gasteiger partial charge in [-0.1, -0.05) is 44.9 Å². The minimum absolute atomic E-state index is 0.175. The van der Waals surface area contributed by atoms with Crippen molar-refractivity contribution in [1.82, 2.24) is 9.97 Å². The summed E-state index contributed by atoms with van der Waals surface area (Å²) in [5.74, 6) is 1.09. The van der Waals surface area contributed by atoms with Gasteiger partial charge in [-0.15, -0.1) is 6.58 Å². The maximum Gasteiger partial charge on any atom is 0.344 e. The Balaban J connectivity index is 1.51. The van der Waals surface area contributed by atoms with E-state index in [1.807, 2.05) is 42.5 Å². The van der Waals surface area contributed by atoms with Crippen molar-refractivity contribution in [1.29, 1.82) is 0 Å². The number of allylic oxidation sites excluding steroid dienone is 1. The second-order valence-electron chi connectivity index (χ2n) is 8.56. The average molecular weight is 459 g/mol. The Bertz CT molecular complexity index is 1030. The summed E-state index contributed by atoms with van der Waals surface area (Å²) in [5, 5.41) is 0. The summed E-state index contributed by atoms with van der Waals surface area (Å²) < 4.78 is 11.2. The molecule has 2 aromatic carbocycles. The van der Waals surface area contributed by atoms with E-state index in [1.165, 1.54) is 24.6 Å². The maximum atomic E-state index is 12.5. The number of carbonyl (C=O) groups excluding carboxylic acids is 1. The van der Waals surface area contributed by atoms with E-state index in [1.54, 1.807) is 18.3 Å². The molecule has 1 heterocycles. The molecule has 5 nitrogen and oxygen atoms in total. The fourth-order valence-corrected chi connectivity index (χ4v) is 3.35. The van der Waals surface area contributed by atoms with Crippen LogP contribution in [0, 0.1) is 5.92 Å². The molecule has 0 bridgehead atoms. The molecule has 0 spiro atoms. The summed E-state index contributed by atoms with van der Waals surface area (Å²) in [6.07, 6.45) is 11.7. The van der Waals surface area contributed by atoms with Gasteiger partial charge in [0, 0.05) is 5.56 Å². The van der Waals surface area contributed by atoms with Gasteiger partial charge in [0.1, 0.15) is 5.75 Å². The van der Waals surface area contributed by atoms with Crippen molar-refractivity contribution in [2.75, 3.05) is 6.61 Å². The SMILES string of the molecule is C=CCCCCCc1ccc(C(=O)Oc2cnc(-c3ccc(OCC(C)CC)cc3)cn2)cc1. The molecule has 1 atom stereocenters. The normalized spacial score (nSPS) is 11.6. The minimum atomic E-state index is -0.442. The summed E-state index contributed by atoms with van der Waals surface area (Å²) in [4.78, 5) is 21.1. The molecule has 0 saturated heterocycles. The van der Waals surface area contributed by atoms with Crippen LogP contribution in [0.3, 0.4) is 0 Å². The van der Waals surface area contributed by atoms with E-state index in [9.17, 15) is 4.79 Å². The van der Waals surface area contributed by atoms with Gasteiger partial charge in [-0.3, -0.25) is 0 Å². The van der Waals surface area contributed by atoms with Gasteiger partial charge in [0.05, 0.1) is 30.3 Å². The predicted molar refractivity (Wildman–Crippen MR) is 136 cm³/mol. The smallest absolute Gasteiger partial charge is 0.344 e. The summed E-state index contributed by atoms with van der Waals surface area (Å²) in [6.45, 7) is 8.77. The van der Waals surface area contributed by atoms with E-state index in [0.29, 0.717) is 23.8 Å². The molecule has 3 aromatic rings. The maximum absolute atomic E-state index is 12.5. The Morgan fingerprint density at radius 3 is 2.41 bits per heavy atom. The third-order valence-electron chi connectivity index (χ3n) is 5.77. The number of hydrogen-bond acceptors (Lipinski definition) is 5. The molecule has 0 aliphatic carbocycles. The van der Waals surface area contributed by atoms with Gasteiger partial charge < -0.3 is 9.47 Å². The lowest BCUT2D eigenvalue weighted by molar-refractivity contribution is 0.0727. The average Bonchev–Trinajstić information content (AvgIpc) is 2.88. The van der Waals surface area contributed by atoms with Gasteiger partial charge in [0.25, 0.3) is 0 Å². The predicted octanol–water partition coefficient (Wildman–Crippen LogP) is 7.08. The van der Waals surface area contributed by atoms with Crippen LogP contribution in [0.5, 0.6) is 11.6 Å². The first-order chi connectivity index (χ1) is 16.6. The highest BCUT2D eigenvalue weighted by atomic mass is 16.5. The lowest BCUT2D eigenvalue weighted by Gasteiger charge is -2.11. The molecule has 34 heavy (non-hydrogen) atoms. The van der Waals surface area contributed by atoms with Crippen molar-refractivity contribution >= 4 is 5.97 Å². The van der Waals surface area contributed by atoms with Crippen LogP contribution in [-0.4, -0.2) is 22.5 Å². The Hall–Kier alpha value is -3.47. The molecule has 0 aliphatic heterocycles. The molecule has 0 aliphatic rings. The number of carbonyl (C=O) groups is 1. The number of benzene rings is 2. The first-order valence-electron chi connectivity index (χ1n) is 12.1. The standard InChI is InChI=1S/C29H34N2O3/c1-4-6-7-8-9-10-23-11-13-25(14-12-23)29(32)34-28-20-30-27(19-31-28)24-15-17-26(18-16-24)33-21-22(3)5-2/h4,11-20,22H,1,5-10,21H2,2-3H3. The van der Waals surface area contributed by atoms with Crippen molar-refractivity contribution < 1.29 is 14.3 Å². The highest BCUT2D eigenvalue weighted by molar-refractivity contribution is 5.90. The van der Waals surface area contributed by atoms with Crippen LogP contribution in [0.4, 0.5) is 0 Å². The van der Waals surface area contributed by atoms with Crippen LogP contribution < -0.4 is 9.47 Å². The van der Waals surface area contributed by atoms with Crippen molar-refractivity contribution in [2.45, 2.75) is 52.4 Å². The lowest BCUT2D eigenvalue weighted by Crippen LogP contribution is -2.09. The zero-order valence-electron chi connectivity index (χ0n) is 20.2. The van der Waals surface area contributed by atoms with E-state index in [0.717, 1.165) is 37.0 Å². The van der Waals surface area contributed by atoms with E-state index >= 15 is 0 Å². The molecule has 0 fully saturated rings. The monoisotopic (exact) mass is 458 g/mol. The second-order valence-corrected chi connectivity index (χ2v) is 8.56. The number of ether oxygens (including phenoxy) is 2. The molecule has 0 N–H and O–H groups in total. The highest BCUT2D eigenvalue weighted by Gasteiger charge is 2.11. The van der Waals surface area contributed by atoms with Gasteiger partial charge in [-0.25, -0.2) is 14.8 Å². The fourth-order valence-electron chi connectivity index (χ4n) is 3.35. The topological polar surface area (TPSA) is 61.3 Å². The molecular formula is C29H34N2O3. The molecule has 1 aromatic heterocycles. The largest absolute Gasteiger partial charge is 0.493 e. The van der Waals surface area contributed by atoms with Crippen LogP contribution in [-0.2, 0) is 6.42 Å². The van der Waals surface area contributed by atoms with E-state index in [-0.39, 0.29) is 5.88 Å². The first kappa shape index (κ1) is 25.2. The summed E-state index contributed by atoms with van der Waals surface area (Å²) in [6, 6.07) is 15.3. The van der Waals surface area contributed by atoms with Crippen LogP contribution in [0.15, 0.2) is 73.6 Å². The Kier molecular flexibility index (Phi) is 9.83. The van der Waals surface area contributed by atoms with E-state index in [2.05, 4.69) is 30.4 Å². The Morgan fingerprint density at radius 1 is 1.00 bits per heavy atom. The number of unbranched alkanes of at least 4 members (excludes halogenated alkanes) is 3. The molecule has 0 amide bonds. The second kappa shape index (κ2) is 13.3. The molecule has 178 valence electrons.